The van der Waals surface area contributed by atoms with E-state index < -0.39 is 0 Å². The highest BCUT2D eigenvalue weighted by molar-refractivity contribution is 8.07. The summed E-state index contributed by atoms with van der Waals surface area (Å²) in [5.74, 6) is 1.22. The topological polar surface area (TPSA) is 29.9 Å². The Labute approximate surface area is 112 Å². The molecule has 1 aromatic rings. The molecule has 0 radical (unpaired) electrons. The van der Waals surface area contributed by atoms with Crippen LogP contribution in [0.15, 0.2) is 12.4 Å². The van der Waals surface area contributed by atoms with Gasteiger partial charge in [0.15, 0.2) is 0 Å². The summed E-state index contributed by atoms with van der Waals surface area (Å²) in [5.41, 5.74) is 1.30. The van der Waals surface area contributed by atoms with Gasteiger partial charge in [0.1, 0.15) is 0 Å². The number of nitrogens with zero attached hydrogens (tertiary/aromatic N) is 2. The van der Waals surface area contributed by atoms with E-state index >= 15 is 0 Å². The molecular formula is C12H21N3S2. The minimum atomic E-state index is 0.413. The number of nitrogens with one attached hydrogen (secondary N) is 1. The number of thioether (sulfide) groups is 2. The van der Waals surface area contributed by atoms with Crippen molar-refractivity contribution in [3.8, 4) is 0 Å². The normalized spacial score (nSPS) is 31.4. The van der Waals surface area contributed by atoms with Gasteiger partial charge in [0.05, 0.1) is 6.20 Å². The Hall–Kier alpha value is -0.130. The first kappa shape index (κ1) is 13.3. The lowest BCUT2D eigenvalue weighted by molar-refractivity contribution is 0.587. The van der Waals surface area contributed by atoms with Crippen LogP contribution in [0.3, 0.4) is 0 Å². The van der Waals surface area contributed by atoms with Crippen LogP contribution in [-0.2, 0) is 7.05 Å². The molecule has 2 rings (SSSR count). The molecule has 1 fully saturated rings. The fourth-order valence-corrected chi connectivity index (χ4v) is 5.31. The van der Waals surface area contributed by atoms with Crippen LogP contribution in [0.25, 0.3) is 0 Å². The monoisotopic (exact) mass is 271 g/mol. The molecule has 1 aromatic heterocycles. The SMILES string of the molecule is CNC(c1cnn(C)c1)C1CSC(C)C(C)S1. The highest BCUT2D eigenvalue weighted by Gasteiger charge is 2.31. The number of hydrogen-bond donors (Lipinski definition) is 1. The summed E-state index contributed by atoms with van der Waals surface area (Å²) in [5, 5.41) is 9.86. The molecule has 5 heteroatoms. The van der Waals surface area contributed by atoms with E-state index in [1.165, 1.54) is 11.3 Å². The van der Waals surface area contributed by atoms with E-state index in [-0.39, 0.29) is 0 Å². The van der Waals surface area contributed by atoms with Crippen molar-refractivity contribution in [2.24, 2.45) is 7.05 Å². The zero-order valence-electron chi connectivity index (χ0n) is 10.9. The van der Waals surface area contributed by atoms with Gasteiger partial charge in [-0.25, -0.2) is 0 Å². The summed E-state index contributed by atoms with van der Waals surface area (Å²) in [6.07, 6.45) is 4.10. The van der Waals surface area contributed by atoms with Gasteiger partial charge in [0, 0.05) is 46.4 Å². The van der Waals surface area contributed by atoms with Crippen molar-refractivity contribution >= 4 is 23.5 Å². The van der Waals surface area contributed by atoms with Gasteiger partial charge < -0.3 is 5.32 Å². The van der Waals surface area contributed by atoms with Crippen molar-refractivity contribution in [2.45, 2.75) is 35.6 Å². The fourth-order valence-electron chi connectivity index (χ4n) is 2.15. The van der Waals surface area contributed by atoms with Crippen molar-refractivity contribution in [3.05, 3.63) is 18.0 Å². The van der Waals surface area contributed by atoms with Gasteiger partial charge in [-0.1, -0.05) is 13.8 Å². The highest BCUT2D eigenvalue weighted by Crippen LogP contribution is 2.40. The summed E-state index contributed by atoms with van der Waals surface area (Å²) >= 11 is 4.20. The first-order valence-corrected chi connectivity index (χ1v) is 8.04. The zero-order chi connectivity index (χ0) is 12.4. The van der Waals surface area contributed by atoms with Crippen LogP contribution >= 0.6 is 23.5 Å². The molecule has 4 atom stereocenters. The third-order valence-electron chi connectivity index (χ3n) is 3.34. The third kappa shape index (κ3) is 3.01. The van der Waals surface area contributed by atoms with E-state index in [1.54, 1.807) is 0 Å². The Morgan fingerprint density at radius 3 is 2.76 bits per heavy atom. The molecule has 3 nitrogen and oxygen atoms in total. The third-order valence-corrected chi connectivity index (χ3v) is 6.84. The van der Waals surface area contributed by atoms with E-state index in [9.17, 15) is 0 Å². The van der Waals surface area contributed by atoms with Gasteiger partial charge in [-0.2, -0.15) is 28.6 Å². The Morgan fingerprint density at radius 2 is 2.24 bits per heavy atom. The lowest BCUT2D eigenvalue weighted by Gasteiger charge is -2.35. The predicted octanol–water partition coefficient (Wildman–Crippen LogP) is 2.31. The number of aryl methyl sites for hydroxylation is 1. The summed E-state index contributed by atoms with van der Waals surface area (Å²) in [7, 11) is 4.02. The van der Waals surface area contributed by atoms with Gasteiger partial charge in [-0.05, 0) is 7.05 Å². The molecule has 2 heterocycles. The average Bonchev–Trinajstić information content (AvgIpc) is 2.71. The van der Waals surface area contributed by atoms with Crippen molar-refractivity contribution in [3.63, 3.8) is 0 Å². The molecule has 0 saturated carbocycles. The smallest absolute Gasteiger partial charge is 0.0537 e. The van der Waals surface area contributed by atoms with Crippen LogP contribution in [0.5, 0.6) is 0 Å². The molecule has 1 N–H and O–H groups in total. The molecule has 96 valence electrons. The van der Waals surface area contributed by atoms with Gasteiger partial charge in [-0.15, -0.1) is 0 Å². The Balaban J connectivity index is 2.08. The Bertz CT molecular complexity index is 366. The molecule has 17 heavy (non-hydrogen) atoms. The van der Waals surface area contributed by atoms with Gasteiger partial charge in [0.2, 0.25) is 0 Å². The van der Waals surface area contributed by atoms with Crippen molar-refractivity contribution < 1.29 is 0 Å². The van der Waals surface area contributed by atoms with Crippen LogP contribution in [0.2, 0.25) is 0 Å². The molecule has 1 saturated heterocycles. The maximum absolute atomic E-state index is 4.27. The molecule has 0 aliphatic carbocycles. The van der Waals surface area contributed by atoms with Crippen LogP contribution < -0.4 is 5.32 Å². The number of rotatable bonds is 3. The molecule has 1 aliphatic heterocycles. The summed E-state index contributed by atoms with van der Waals surface area (Å²) in [6.45, 7) is 4.67. The highest BCUT2D eigenvalue weighted by atomic mass is 32.2. The molecule has 0 bridgehead atoms. The van der Waals surface area contributed by atoms with E-state index in [0.29, 0.717) is 11.3 Å². The maximum Gasteiger partial charge on any atom is 0.0537 e. The Kier molecular flexibility index (Phi) is 4.44. The second kappa shape index (κ2) is 5.67. The molecule has 0 amide bonds. The average molecular weight is 271 g/mol. The standard InChI is InChI=1S/C12H21N3S2/c1-8-9(2)17-11(7-16-8)12(13-3)10-5-14-15(4)6-10/h5-6,8-9,11-13H,7H2,1-4H3. The summed E-state index contributed by atoms with van der Waals surface area (Å²) < 4.78 is 1.88. The van der Waals surface area contributed by atoms with Gasteiger partial charge in [0.25, 0.3) is 0 Å². The van der Waals surface area contributed by atoms with E-state index in [0.717, 1.165) is 10.5 Å². The number of aromatic nitrogens is 2. The second-order valence-electron chi connectivity index (χ2n) is 4.63. The molecule has 0 spiro atoms. The minimum absolute atomic E-state index is 0.413. The molecule has 1 aliphatic rings. The van der Waals surface area contributed by atoms with Crippen LogP contribution in [0, 0.1) is 0 Å². The van der Waals surface area contributed by atoms with E-state index in [1.807, 2.05) is 25.0 Å². The molecular weight excluding hydrogens is 250 g/mol. The quantitative estimate of drug-likeness (QED) is 0.914. The fraction of sp³-hybridized carbons (Fsp3) is 0.750. The lowest BCUT2D eigenvalue weighted by Crippen LogP contribution is -2.35. The van der Waals surface area contributed by atoms with E-state index in [4.69, 9.17) is 0 Å². The van der Waals surface area contributed by atoms with Gasteiger partial charge in [-0.3, -0.25) is 4.68 Å². The van der Waals surface area contributed by atoms with Crippen molar-refractivity contribution in [1.29, 1.82) is 0 Å². The van der Waals surface area contributed by atoms with Crippen molar-refractivity contribution in [2.75, 3.05) is 12.8 Å². The summed E-state index contributed by atoms with van der Waals surface area (Å²) in [6, 6.07) is 0.413. The van der Waals surface area contributed by atoms with E-state index in [2.05, 4.69) is 54.0 Å². The zero-order valence-corrected chi connectivity index (χ0v) is 12.5. The van der Waals surface area contributed by atoms with Gasteiger partial charge >= 0.3 is 0 Å². The predicted molar refractivity (Wildman–Crippen MR) is 77.8 cm³/mol. The van der Waals surface area contributed by atoms with Crippen LogP contribution in [0.1, 0.15) is 25.5 Å². The first-order chi connectivity index (χ1) is 8.11. The largest absolute Gasteiger partial charge is 0.312 e. The van der Waals surface area contributed by atoms with Crippen molar-refractivity contribution in [1.82, 2.24) is 15.1 Å². The maximum atomic E-state index is 4.27. The summed E-state index contributed by atoms with van der Waals surface area (Å²) in [4.78, 5) is 0. The minimum Gasteiger partial charge on any atom is -0.312 e. The van der Waals surface area contributed by atoms with Crippen LogP contribution in [-0.4, -0.2) is 38.3 Å². The second-order valence-corrected chi connectivity index (χ2v) is 7.66. The Morgan fingerprint density at radius 1 is 1.47 bits per heavy atom. The first-order valence-electron chi connectivity index (χ1n) is 6.04. The molecule has 0 aromatic carbocycles. The van der Waals surface area contributed by atoms with Crippen LogP contribution in [0.4, 0.5) is 0 Å². The lowest BCUT2D eigenvalue weighted by atomic mass is 10.1. The number of hydrogen-bond acceptors (Lipinski definition) is 4. The molecule has 4 unspecified atom stereocenters.